The van der Waals surface area contributed by atoms with E-state index in [4.69, 9.17) is 9.47 Å². The third-order valence-electron chi connectivity index (χ3n) is 5.82. The molecule has 2 aromatic rings. The molecule has 34 heavy (non-hydrogen) atoms. The number of nitrogens with zero attached hydrogens (tertiary/aromatic N) is 1. The smallest absolute Gasteiger partial charge is 0.335 e. The predicted octanol–water partition coefficient (Wildman–Crippen LogP) is 5.98. The highest BCUT2D eigenvalue weighted by Crippen LogP contribution is 2.26. The van der Waals surface area contributed by atoms with E-state index in [9.17, 15) is 9.59 Å². The van der Waals surface area contributed by atoms with Crippen LogP contribution >= 0.6 is 0 Å². The van der Waals surface area contributed by atoms with Crippen LogP contribution in [0.15, 0.2) is 48.5 Å². The Kier molecular flexibility index (Phi) is 12.2. The Balaban J connectivity index is 2.04. The van der Waals surface area contributed by atoms with E-state index in [1.807, 2.05) is 62.4 Å². The number of unbranched alkanes of at least 4 members (excludes halogenated alkanes) is 4. The number of hydrogen-bond acceptors (Lipinski definition) is 4. The number of amides is 2. The summed E-state index contributed by atoms with van der Waals surface area (Å²) in [5.74, 6) is -0.363. The average Bonchev–Trinajstić information content (AvgIpc) is 2.86. The van der Waals surface area contributed by atoms with Crippen molar-refractivity contribution < 1.29 is 19.1 Å². The number of nitrogens with one attached hydrogen (secondary N) is 1. The number of rotatable bonds is 14. The molecule has 2 aromatic carbocycles. The lowest BCUT2D eigenvalue weighted by Gasteiger charge is -2.22. The minimum Gasteiger partial charge on any atom is -0.467 e. The number of benzene rings is 2. The molecule has 0 fully saturated rings. The lowest BCUT2D eigenvalue weighted by Crippen LogP contribution is -2.40. The number of hydrogen-bond donors (Lipinski definition) is 1. The molecular weight excluding hydrogens is 428 g/mol. The van der Waals surface area contributed by atoms with E-state index in [1.54, 1.807) is 4.90 Å². The Morgan fingerprint density at radius 1 is 0.941 bits per heavy atom. The van der Waals surface area contributed by atoms with Gasteiger partial charge in [-0.1, -0.05) is 69.0 Å². The number of ether oxygens (including phenoxy) is 2. The molecule has 0 spiro atoms. The van der Waals surface area contributed by atoms with Gasteiger partial charge in [-0.25, -0.2) is 9.59 Å². The van der Waals surface area contributed by atoms with Crippen molar-refractivity contribution in [2.24, 2.45) is 0 Å². The molecule has 0 aliphatic heterocycles. The Hall–Kier alpha value is -2.86. The Morgan fingerprint density at radius 2 is 1.68 bits per heavy atom. The zero-order valence-electron chi connectivity index (χ0n) is 21.1. The van der Waals surface area contributed by atoms with Crippen LogP contribution in [0, 0.1) is 0 Å². The predicted molar refractivity (Wildman–Crippen MR) is 138 cm³/mol. The van der Waals surface area contributed by atoms with Crippen LogP contribution < -0.4 is 10.2 Å². The molecule has 6 nitrogen and oxygen atoms in total. The van der Waals surface area contributed by atoms with E-state index in [1.165, 1.54) is 26.4 Å². The molecule has 186 valence electrons. The highest BCUT2D eigenvalue weighted by molar-refractivity contribution is 5.92. The maximum absolute atomic E-state index is 12.8. The van der Waals surface area contributed by atoms with E-state index in [0.29, 0.717) is 26.1 Å². The first-order chi connectivity index (χ1) is 16.5. The quantitative estimate of drug-likeness (QED) is 0.274. The van der Waals surface area contributed by atoms with Gasteiger partial charge in [-0.3, -0.25) is 4.90 Å². The number of carbonyl (C=O) groups excluding carboxylic acids is 2. The molecule has 0 saturated heterocycles. The Labute approximate surface area is 204 Å². The maximum atomic E-state index is 12.8. The normalized spacial score (nSPS) is 11.6. The SMILES string of the molecule is CCCCCCCNC(=O)N(CC)c1cccc(-c2ccc(C[C@H](OCC)C(=O)OC)cc2)c1. The van der Waals surface area contributed by atoms with Gasteiger partial charge in [0.05, 0.1) is 7.11 Å². The largest absolute Gasteiger partial charge is 0.467 e. The van der Waals surface area contributed by atoms with Crippen LogP contribution in [0.1, 0.15) is 58.4 Å². The number of urea groups is 1. The van der Waals surface area contributed by atoms with Crippen LogP contribution in [0.4, 0.5) is 10.5 Å². The molecule has 1 atom stereocenters. The van der Waals surface area contributed by atoms with Gasteiger partial charge in [0.1, 0.15) is 0 Å². The van der Waals surface area contributed by atoms with Gasteiger partial charge in [-0.05, 0) is 49.1 Å². The summed E-state index contributed by atoms with van der Waals surface area (Å²) in [5, 5.41) is 3.06. The summed E-state index contributed by atoms with van der Waals surface area (Å²) < 4.78 is 10.4. The van der Waals surface area contributed by atoms with Crippen molar-refractivity contribution >= 4 is 17.7 Å². The number of esters is 1. The Morgan fingerprint density at radius 3 is 2.32 bits per heavy atom. The van der Waals surface area contributed by atoms with Gasteiger partial charge < -0.3 is 14.8 Å². The zero-order chi connectivity index (χ0) is 24.8. The summed E-state index contributed by atoms with van der Waals surface area (Å²) in [6.07, 6.45) is 5.71. The molecule has 2 amide bonds. The van der Waals surface area contributed by atoms with Crippen molar-refractivity contribution in [3.63, 3.8) is 0 Å². The number of carbonyl (C=O) groups is 2. The monoisotopic (exact) mass is 468 g/mol. The van der Waals surface area contributed by atoms with E-state index < -0.39 is 6.10 Å². The molecule has 0 heterocycles. The van der Waals surface area contributed by atoms with Gasteiger partial charge in [0, 0.05) is 31.8 Å². The minimum absolute atomic E-state index is 0.0599. The van der Waals surface area contributed by atoms with Crippen LogP contribution in [0.5, 0.6) is 0 Å². The third-order valence-corrected chi connectivity index (χ3v) is 5.82. The molecule has 0 saturated carbocycles. The summed E-state index contributed by atoms with van der Waals surface area (Å²) in [5.41, 5.74) is 3.94. The number of anilines is 1. The van der Waals surface area contributed by atoms with Crippen molar-refractivity contribution in [1.29, 1.82) is 0 Å². The highest BCUT2D eigenvalue weighted by Gasteiger charge is 2.20. The summed E-state index contributed by atoms with van der Waals surface area (Å²) in [6.45, 7) is 7.79. The third kappa shape index (κ3) is 8.49. The van der Waals surface area contributed by atoms with Gasteiger partial charge in [-0.15, -0.1) is 0 Å². The van der Waals surface area contributed by atoms with Crippen LogP contribution in [0.2, 0.25) is 0 Å². The van der Waals surface area contributed by atoms with E-state index in [2.05, 4.69) is 12.2 Å². The lowest BCUT2D eigenvalue weighted by molar-refractivity contribution is -0.153. The van der Waals surface area contributed by atoms with E-state index in [0.717, 1.165) is 35.2 Å². The molecule has 0 aliphatic rings. The van der Waals surface area contributed by atoms with Crippen molar-refractivity contribution in [3.8, 4) is 11.1 Å². The van der Waals surface area contributed by atoms with Crippen molar-refractivity contribution in [1.82, 2.24) is 5.32 Å². The molecule has 0 radical (unpaired) electrons. The second-order valence-electron chi connectivity index (χ2n) is 8.31. The van der Waals surface area contributed by atoms with Crippen molar-refractivity contribution in [2.75, 3.05) is 31.7 Å². The lowest BCUT2D eigenvalue weighted by atomic mass is 10.0. The fourth-order valence-corrected chi connectivity index (χ4v) is 3.91. The Bertz CT molecular complexity index is 882. The average molecular weight is 469 g/mol. The topological polar surface area (TPSA) is 67.9 Å². The molecule has 6 heteroatoms. The standard InChI is InChI=1S/C28H40N2O4/c1-5-8-9-10-11-19-29-28(32)30(6-2)25-14-12-13-24(21-25)23-17-15-22(16-18-23)20-26(34-7-3)27(31)33-4/h12-18,21,26H,5-11,19-20H2,1-4H3,(H,29,32)/t26-/m0/s1. The van der Waals surface area contributed by atoms with Gasteiger partial charge >= 0.3 is 12.0 Å². The van der Waals surface area contributed by atoms with Crippen LogP contribution in [0.3, 0.4) is 0 Å². The van der Waals surface area contributed by atoms with E-state index >= 15 is 0 Å². The minimum atomic E-state index is -0.604. The number of methoxy groups -OCH3 is 1. The molecule has 0 unspecified atom stereocenters. The van der Waals surface area contributed by atoms with Crippen LogP contribution in [0.25, 0.3) is 11.1 Å². The molecule has 0 aliphatic carbocycles. The second kappa shape index (κ2) is 15.1. The molecular formula is C28H40N2O4. The van der Waals surface area contributed by atoms with Gasteiger partial charge in [0.25, 0.3) is 0 Å². The van der Waals surface area contributed by atoms with Gasteiger partial charge in [-0.2, -0.15) is 0 Å². The molecule has 1 N–H and O–H groups in total. The van der Waals surface area contributed by atoms with Gasteiger partial charge in [0.2, 0.25) is 0 Å². The van der Waals surface area contributed by atoms with E-state index in [-0.39, 0.29) is 12.0 Å². The fraction of sp³-hybridized carbons (Fsp3) is 0.500. The highest BCUT2D eigenvalue weighted by atomic mass is 16.6. The molecule has 2 rings (SSSR count). The molecule has 0 aromatic heterocycles. The summed E-state index contributed by atoms with van der Waals surface area (Å²) >= 11 is 0. The summed E-state index contributed by atoms with van der Waals surface area (Å²) in [4.78, 5) is 26.4. The summed E-state index contributed by atoms with van der Waals surface area (Å²) in [6, 6.07) is 16.0. The zero-order valence-corrected chi connectivity index (χ0v) is 21.1. The first-order valence-corrected chi connectivity index (χ1v) is 12.5. The van der Waals surface area contributed by atoms with Crippen LogP contribution in [-0.4, -0.2) is 44.9 Å². The first kappa shape index (κ1) is 27.4. The summed E-state index contributed by atoms with van der Waals surface area (Å²) in [7, 11) is 1.37. The molecule has 0 bridgehead atoms. The fourth-order valence-electron chi connectivity index (χ4n) is 3.91. The van der Waals surface area contributed by atoms with Crippen LogP contribution in [-0.2, 0) is 20.7 Å². The van der Waals surface area contributed by atoms with Gasteiger partial charge in [0.15, 0.2) is 6.10 Å². The second-order valence-corrected chi connectivity index (χ2v) is 8.31. The first-order valence-electron chi connectivity index (χ1n) is 12.5. The van der Waals surface area contributed by atoms with Crippen molar-refractivity contribution in [2.45, 2.75) is 65.4 Å². The van der Waals surface area contributed by atoms with Crippen molar-refractivity contribution in [3.05, 3.63) is 54.1 Å². The maximum Gasteiger partial charge on any atom is 0.335 e.